The summed E-state index contributed by atoms with van der Waals surface area (Å²) in [4.78, 5) is 2.44. The lowest BCUT2D eigenvalue weighted by molar-refractivity contribution is 0.323. The first-order chi connectivity index (χ1) is 8.84. The van der Waals surface area contributed by atoms with Gasteiger partial charge < -0.3 is 10.2 Å². The molecule has 1 aliphatic carbocycles. The second-order valence-corrected chi connectivity index (χ2v) is 5.47. The quantitative estimate of drug-likeness (QED) is 0.674. The Kier molecular flexibility index (Phi) is 5.69. The maximum Gasteiger partial charge on any atom is 0.0104 e. The molecule has 100 valence electrons. The Labute approximate surface area is 111 Å². The molecular weight excluding hydrogens is 220 g/mol. The summed E-state index contributed by atoms with van der Waals surface area (Å²) in [5.74, 6) is 0. The SMILES string of the molecule is CN(CCCCc1ccccc1)CCNC1CC1. The van der Waals surface area contributed by atoms with Gasteiger partial charge in [0.15, 0.2) is 0 Å². The third-order valence-electron chi connectivity index (χ3n) is 3.60. The number of nitrogens with zero attached hydrogens (tertiary/aromatic N) is 1. The fourth-order valence-corrected chi connectivity index (χ4v) is 2.21. The smallest absolute Gasteiger partial charge is 0.0104 e. The number of aryl methyl sites for hydroxylation is 1. The summed E-state index contributed by atoms with van der Waals surface area (Å²) in [5.41, 5.74) is 1.47. The van der Waals surface area contributed by atoms with Gasteiger partial charge in [-0.1, -0.05) is 30.3 Å². The molecule has 1 saturated carbocycles. The van der Waals surface area contributed by atoms with E-state index in [1.807, 2.05) is 0 Å². The predicted molar refractivity (Wildman–Crippen MR) is 77.9 cm³/mol. The van der Waals surface area contributed by atoms with Gasteiger partial charge in [0, 0.05) is 19.1 Å². The van der Waals surface area contributed by atoms with Gasteiger partial charge in [-0.3, -0.25) is 0 Å². The molecule has 1 N–H and O–H groups in total. The highest BCUT2D eigenvalue weighted by molar-refractivity contribution is 5.14. The van der Waals surface area contributed by atoms with Crippen molar-refractivity contribution in [1.82, 2.24) is 10.2 Å². The standard InChI is InChI=1S/C16H26N2/c1-18(14-12-17-16-10-11-16)13-6-5-9-15-7-3-2-4-8-15/h2-4,7-8,16-17H,5-6,9-14H2,1H3. The normalized spacial score (nSPS) is 15.2. The third kappa shape index (κ3) is 5.65. The highest BCUT2D eigenvalue weighted by Crippen LogP contribution is 2.17. The first-order valence-electron chi connectivity index (χ1n) is 7.30. The summed E-state index contributed by atoms with van der Waals surface area (Å²) >= 11 is 0. The van der Waals surface area contributed by atoms with Gasteiger partial charge in [0.05, 0.1) is 0 Å². The number of nitrogens with one attached hydrogen (secondary N) is 1. The Morgan fingerprint density at radius 3 is 2.61 bits per heavy atom. The summed E-state index contributed by atoms with van der Waals surface area (Å²) < 4.78 is 0. The largest absolute Gasteiger partial charge is 0.313 e. The van der Waals surface area contributed by atoms with Crippen LogP contribution in [0.15, 0.2) is 30.3 Å². The van der Waals surface area contributed by atoms with Crippen LogP contribution in [0.1, 0.15) is 31.2 Å². The van der Waals surface area contributed by atoms with Gasteiger partial charge in [0.2, 0.25) is 0 Å². The molecule has 0 aromatic heterocycles. The van der Waals surface area contributed by atoms with E-state index in [0.29, 0.717) is 0 Å². The molecule has 0 saturated heterocycles. The van der Waals surface area contributed by atoms with Gasteiger partial charge in [-0.2, -0.15) is 0 Å². The first-order valence-corrected chi connectivity index (χ1v) is 7.30. The highest BCUT2D eigenvalue weighted by Gasteiger charge is 2.19. The second-order valence-electron chi connectivity index (χ2n) is 5.47. The van der Waals surface area contributed by atoms with Crippen molar-refractivity contribution in [1.29, 1.82) is 0 Å². The highest BCUT2D eigenvalue weighted by atomic mass is 15.1. The minimum Gasteiger partial charge on any atom is -0.313 e. The monoisotopic (exact) mass is 246 g/mol. The van der Waals surface area contributed by atoms with E-state index in [4.69, 9.17) is 0 Å². The molecule has 2 rings (SSSR count). The van der Waals surface area contributed by atoms with Crippen LogP contribution in [0.2, 0.25) is 0 Å². The molecule has 0 heterocycles. The summed E-state index contributed by atoms with van der Waals surface area (Å²) in [6.45, 7) is 3.56. The van der Waals surface area contributed by atoms with Crippen LogP contribution in [-0.4, -0.2) is 37.6 Å². The maximum absolute atomic E-state index is 3.56. The van der Waals surface area contributed by atoms with E-state index in [1.54, 1.807) is 0 Å². The Balaban J connectivity index is 1.46. The summed E-state index contributed by atoms with van der Waals surface area (Å²) in [7, 11) is 2.23. The molecule has 0 aliphatic heterocycles. The maximum atomic E-state index is 3.56. The number of rotatable bonds is 9. The van der Waals surface area contributed by atoms with Crippen LogP contribution in [0, 0.1) is 0 Å². The molecule has 0 atom stereocenters. The van der Waals surface area contributed by atoms with Gasteiger partial charge in [-0.15, -0.1) is 0 Å². The van der Waals surface area contributed by atoms with Crippen molar-refractivity contribution in [3.8, 4) is 0 Å². The molecule has 2 nitrogen and oxygen atoms in total. The fraction of sp³-hybridized carbons (Fsp3) is 0.625. The van der Waals surface area contributed by atoms with Crippen LogP contribution >= 0.6 is 0 Å². The molecule has 1 aliphatic rings. The molecule has 1 fully saturated rings. The van der Waals surface area contributed by atoms with Gasteiger partial charge in [-0.05, 0) is 51.3 Å². The van der Waals surface area contributed by atoms with Gasteiger partial charge in [0.25, 0.3) is 0 Å². The van der Waals surface area contributed by atoms with Crippen molar-refractivity contribution in [2.75, 3.05) is 26.7 Å². The third-order valence-corrected chi connectivity index (χ3v) is 3.60. The average molecular weight is 246 g/mol. The second kappa shape index (κ2) is 7.55. The van der Waals surface area contributed by atoms with E-state index < -0.39 is 0 Å². The first kappa shape index (κ1) is 13.6. The summed E-state index contributed by atoms with van der Waals surface area (Å²) in [6, 6.07) is 11.6. The van der Waals surface area contributed by atoms with Crippen molar-refractivity contribution in [2.24, 2.45) is 0 Å². The number of benzene rings is 1. The number of unbranched alkanes of at least 4 members (excludes halogenated alkanes) is 1. The Hall–Kier alpha value is -0.860. The molecule has 2 heteroatoms. The van der Waals surface area contributed by atoms with Crippen molar-refractivity contribution in [3.63, 3.8) is 0 Å². The molecule has 0 spiro atoms. The van der Waals surface area contributed by atoms with Crippen LogP contribution in [0.25, 0.3) is 0 Å². The Bertz CT molecular complexity index is 319. The summed E-state index contributed by atoms with van der Waals surface area (Å²) in [5, 5.41) is 3.56. The van der Waals surface area contributed by atoms with Gasteiger partial charge in [-0.25, -0.2) is 0 Å². The number of likely N-dealkylation sites (N-methyl/N-ethyl adjacent to an activating group) is 1. The van der Waals surface area contributed by atoms with Crippen LogP contribution in [0.5, 0.6) is 0 Å². The lowest BCUT2D eigenvalue weighted by Crippen LogP contribution is -2.30. The van der Waals surface area contributed by atoms with Crippen molar-refractivity contribution >= 4 is 0 Å². The lowest BCUT2D eigenvalue weighted by atomic mass is 10.1. The average Bonchev–Trinajstić information content (AvgIpc) is 3.20. The van der Waals surface area contributed by atoms with Gasteiger partial charge >= 0.3 is 0 Å². The van der Waals surface area contributed by atoms with Gasteiger partial charge in [0.1, 0.15) is 0 Å². The number of hydrogen-bond donors (Lipinski definition) is 1. The number of hydrogen-bond acceptors (Lipinski definition) is 2. The lowest BCUT2D eigenvalue weighted by Gasteiger charge is -2.16. The van der Waals surface area contributed by atoms with Crippen LogP contribution in [0.4, 0.5) is 0 Å². The van der Waals surface area contributed by atoms with E-state index in [2.05, 4.69) is 47.6 Å². The van der Waals surface area contributed by atoms with Crippen LogP contribution in [0.3, 0.4) is 0 Å². The zero-order chi connectivity index (χ0) is 12.6. The van der Waals surface area contributed by atoms with E-state index in [0.717, 1.165) is 12.6 Å². The van der Waals surface area contributed by atoms with Crippen molar-refractivity contribution in [2.45, 2.75) is 38.1 Å². The molecule has 0 bridgehead atoms. The van der Waals surface area contributed by atoms with E-state index in [1.165, 1.54) is 50.8 Å². The summed E-state index contributed by atoms with van der Waals surface area (Å²) in [6.07, 6.45) is 6.59. The Morgan fingerprint density at radius 1 is 1.11 bits per heavy atom. The molecular formula is C16H26N2. The molecule has 1 aromatic carbocycles. The minimum atomic E-state index is 0.844. The predicted octanol–water partition coefficient (Wildman–Crippen LogP) is 2.69. The zero-order valence-corrected chi connectivity index (χ0v) is 11.6. The molecule has 18 heavy (non-hydrogen) atoms. The molecule has 1 aromatic rings. The van der Waals surface area contributed by atoms with Crippen molar-refractivity contribution in [3.05, 3.63) is 35.9 Å². The van der Waals surface area contributed by atoms with Crippen LogP contribution < -0.4 is 5.32 Å². The minimum absolute atomic E-state index is 0.844. The topological polar surface area (TPSA) is 15.3 Å². The van der Waals surface area contributed by atoms with E-state index in [9.17, 15) is 0 Å². The van der Waals surface area contributed by atoms with Crippen molar-refractivity contribution < 1.29 is 0 Å². The molecule has 0 unspecified atom stereocenters. The zero-order valence-electron chi connectivity index (χ0n) is 11.6. The van der Waals surface area contributed by atoms with E-state index in [-0.39, 0.29) is 0 Å². The Morgan fingerprint density at radius 2 is 1.89 bits per heavy atom. The van der Waals surface area contributed by atoms with E-state index >= 15 is 0 Å². The fourth-order valence-electron chi connectivity index (χ4n) is 2.21. The van der Waals surface area contributed by atoms with Crippen LogP contribution in [-0.2, 0) is 6.42 Å². The molecule has 0 radical (unpaired) electrons. The molecule has 0 amide bonds.